The maximum Gasteiger partial charge on any atom is 0.251 e. The van der Waals surface area contributed by atoms with E-state index in [4.69, 9.17) is 0 Å². The van der Waals surface area contributed by atoms with Gasteiger partial charge in [0.15, 0.2) is 5.78 Å². The molecule has 1 aromatic carbocycles. The quantitative estimate of drug-likeness (QED) is 0.875. The Morgan fingerprint density at radius 3 is 2.70 bits per heavy atom. The summed E-state index contributed by atoms with van der Waals surface area (Å²) in [5, 5.41) is 2.98. The van der Waals surface area contributed by atoms with Gasteiger partial charge in [0.05, 0.1) is 0 Å². The normalized spacial score (nSPS) is 17.7. The molecule has 0 bridgehead atoms. The van der Waals surface area contributed by atoms with Gasteiger partial charge in [-0.2, -0.15) is 0 Å². The number of rotatable bonds is 5. The van der Waals surface area contributed by atoms with E-state index in [0.29, 0.717) is 12.1 Å². The number of hydrogen-bond donors (Lipinski definition) is 1. The maximum absolute atomic E-state index is 12.5. The third-order valence-electron chi connectivity index (χ3n) is 4.56. The van der Waals surface area contributed by atoms with Gasteiger partial charge in [0.2, 0.25) is 0 Å². The van der Waals surface area contributed by atoms with Gasteiger partial charge in [0.25, 0.3) is 5.91 Å². The zero-order valence-corrected chi connectivity index (χ0v) is 14.9. The van der Waals surface area contributed by atoms with E-state index < -0.39 is 0 Å². The van der Waals surface area contributed by atoms with E-state index in [1.165, 1.54) is 0 Å². The van der Waals surface area contributed by atoms with E-state index in [1.807, 2.05) is 12.1 Å². The highest BCUT2D eigenvalue weighted by atomic mass is 16.1. The first-order valence-electron chi connectivity index (χ1n) is 8.77. The molecule has 0 spiro atoms. The van der Waals surface area contributed by atoms with Gasteiger partial charge >= 0.3 is 0 Å². The zero-order valence-electron chi connectivity index (χ0n) is 14.9. The van der Waals surface area contributed by atoms with E-state index in [1.54, 1.807) is 6.07 Å². The Kier molecular flexibility index (Phi) is 5.61. The largest absolute Gasteiger partial charge is 0.352 e. The molecule has 1 unspecified atom stereocenters. The van der Waals surface area contributed by atoms with Crippen molar-refractivity contribution in [2.45, 2.75) is 59.8 Å². The summed E-state index contributed by atoms with van der Waals surface area (Å²) in [5.74, 6) is 0.381. The number of fused-ring (bicyclic) bond motifs is 1. The minimum atomic E-state index is -0.0415. The lowest BCUT2D eigenvalue weighted by atomic mass is 9.80. The Labute approximate surface area is 139 Å². The van der Waals surface area contributed by atoms with Crippen molar-refractivity contribution in [1.29, 1.82) is 0 Å². The summed E-state index contributed by atoms with van der Waals surface area (Å²) in [6.45, 7) is 9.29. The van der Waals surface area contributed by atoms with E-state index in [2.05, 4.69) is 33.0 Å². The van der Waals surface area contributed by atoms with Crippen molar-refractivity contribution in [3.05, 3.63) is 34.9 Å². The second-order valence-corrected chi connectivity index (χ2v) is 7.83. The van der Waals surface area contributed by atoms with Crippen LogP contribution >= 0.6 is 0 Å². The van der Waals surface area contributed by atoms with E-state index in [0.717, 1.165) is 43.2 Å². The van der Waals surface area contributed by atoms with Gasteiger partial charge in [-0.1, -0.05) is 40.2 Å². The fourth-order valence-corrected chi connectivity index (χ4v) is 3.14. The molecule has 126 valence electrons. The molecule has 1 aliphatic carbocycles. The van der Waals surface area contributed by atoms with Crippen LogP contribution < -0.4 is 5.32 Å². The molecule has 0 fully saturated rings. The molecule has 0 heterocycles. The first-order valence-corrected chi connectivity index (χ1v) is 8.77. The first kappa shape index (κ1) is 17.7. The van der Waals surface area contributed by atoms with E-state index in [-0.39, 0.29) is 23.0 Å². The number of ketones is 1. The highest BCUT2D eigenvalue weighted by Crippen LogP contribution is 2.29. The summed E-state index contributed by atoms with van der Waals surface area (Å²) in [7, 11) is 0. The molecular formula is C20H29NO2. The SMILES string of the molecule is CCCC1CCc2cc(C(=O)NCCC(C)(C)C)ccc2C1=O. The highest BCUT2D eigenvalue weighted by molar-refractivity contribution is 6.02. The number of nitrogens with one attached hydrogen (secondary N) is 1. The number of benzene rings is 1. The van der Waals surface area contributed by atoms with Crippen molar-refractivity contribution in [1.82, 2.24) is 5.32 Å². The second-order valence-electron chi connectivity index (χ2n) is 7.83. The fourth-order valence-electron chi connectivity index (χ4n) is 3.14. The van der Waals surface area contributed by atoms with Crippen LogP contribution in [0.15, 0.2) is 18.2 Å². The van der Waals surface area contributed by atoms with Crippen LogP contribution in [0.4, 0.5) is 0 Å². The molecular weight excluding hydrogens is 286 g/mol. The Hall–Kier alpha value is -1.64. The van der Waals surface area contributed by atoms with Crippen LogP contribution in [0.3, 0.4) is 0 Å². The van der Waals surface area contributed by atoms with Crippen molar-refractivity contribution in [3.8, 4) is 0 Å². The number of aryl methyl sites for hydroxylation is 1. The Morgan fingerprint density at radius 1 is 1.30 bits per heavy atom. The van der Waals surface area contributed by atoms with Crippen molar-refractivity contribution in [2.75, 3.05) is 6.54 Å². The number of hydrogen-bond acceptors (Lipinski definition) is 2. The molecule has 3 heteroatoms. The molecule has 3 nitrogen and oxygen atoms in total. The van der Waals surface area contributed by atoms with E-state index >= 15 is 0 Å². The Bertz CT molecular complexity index is 584. The predicted octanol–water partition coefficient (Wildman–Crippen LogP) is 4.40. The third-order valence-corrected chi connectivity index (χ3v) is 4.56. The van der Waals surface area contributed by atoms with Crippen LogP contribution in [0.5, 0.6) is 0 Å². The third kappa shape index (κ3) is 4.66. The summed E-state index contributed by atoms with van der Waals surface area (Å²) < 4.78 is 0. The van der Waals surface area contributed by atoms with Crippen LogP contribution in [0, 0.1) is 11.3 Å². The summed E-state index contributed by atoms with van der Waals surface area (Å²) in [6.07, 6.45) is 4.76. The van der Waals surface area contributed by atoms with Crippen LogP contribution in [0.1, 0.15) is 79.7 Å². The topological polar surface area (TPSA) is 46.2 Å². The van der Waals surface area contributed by atoms with Crippen LogP contribution in [-0.4, -0.2) is 18.2 Å². The fraction of sp³-hybridized carbons (Fsp3) is 0.600. The van der Waals surface area contributed by atoms with Gasteiger partial charge in [0.1, 0.15) is 0 Å². The maximum atomic E-state index is 12.5. The molecule has 1 aromatic rings. The smallest absolute Gasteiger partial charge is 0.251 e. The van der Waals surface area contributed by atoms with Gasteiger partial charge in [0, 0.05) is 23.6 Å². The molecule has 0 saturated heterocycles. The van der Waals surface area contributed by atoms with Crippen LogP contribution in [0.25, 0.3) is 0 Å². The lowest BCUT2D eigenvalue weighted by Crippen LogP contribution is -2.28. The van der Waals surface area contributed by atoms with Crippen LogP contribution in [0.2, 0.25) is 0 Å². The van der Waals surface area contributed by atoms with Gasteiger partial charge in [-0.05, 0) is 48.8 Å². The Morgan fingerprint density at radius 2 is 2.04 bits per heavy atom. The number of amides is 1. The van der Waals surface area contributed by atoms with Crippen LogP contribution in [-0.2, 0) is 6.42 Å². The minimum Gasteiger partial charge on any atom is -0.352 e. The molecule has 0 aliphatic heterocycles. The van der Waals surface area contributed by atoms with Crippen molar-refractivity contribution >= 4 is 11.7 Å². The second kappa shape index (κ2) is 7.29. The van der Waals surface area contributed by atoms with Gasteiger partial charge < -0.3 is 5.32 Å². The van der Waals surface area contributed by atoms with Gasteiger partial charge in [-0.3, -0.25) is 9.59 Å². The monoisotopic (exact) mass is 315 g/mol. The van der Waals surface area contributed by atoms with Crippen molar-refractivity contribution in [2.24, 2.45) is 11.3 Å². The standard InChI is InChI=1S/C20H29NO2/c1-5-6-14-7-8-15-13-16(9-10-17(15)18(14)22)19(23)21-12-11-20(2,3)4/h9-10,13-14H,5-8,11-12H2,1-4H3,(H,21,23). The zero-order chi connectivity index (χ0) is 17.0. The van der Waals surface area contributed by atoms with Gasteiger partial charge in [-0.25, -0.2) is 0 Å². The number of carbonyl (C=O) groups is 2. The summed E-state index contributed by atoms with van der Waals surface area (Å²) in [5.41, 5.74) is 2.73. The summed E-state index contributed by atoms with van der Waals surface area (Å²) in [4.78, 5) is 24.7. The first-order chi connectivity index (χ1) is 10.8. The summed E-state index contributed by atoms with van der Waals surface area (Å²) in [6, 6.07) is 5.54. The molecule has 0 aromatic heterocycles. The lowest BCUT2D eigenvalue weighted by molar-refractivity contribution is 0.0891. The number of Topliss-reactive ketones (excluding diaryl/α,β-unsaturated/α-hetero) is 1. The molecule has 0 saturated carbocycles. The predicted molar refractivity (Wildman–Crippen MR) is 93.9 cm³/mol. The van der Waals surface area contributed by atoms with Gasteiger partial charge in [-0.15, -0.1) is 0 Å². The molecule has 2 rings (SSSR count). The molecule has 1 aliphatic rings. The highest BCUT2D eigenvalue weighted by Gasteiger charge is 2.27. The average molecular weight is 315 g/mol. The summed E-state index contributed by atoms with van der Waals surface area (Å²) >= 11 is 0. The molecule has 23 heavy (non-hydrogen) atoms. The molecule has 1 amide bonds. The van der Waals surface area contributed by atoms with E-state index in [9.17, 15) is 9.59 Å². The number of carbonyl (C=O) groups excluding carboxylic acids is 2. The Balaban J connectivity index is 2.04. The molecule has 0 radical (unpaired) electrons. The minimum absolute atomic E-state index is 0.0415. The molecule has 1 atom stereocenters. The lowest BCUT2D eigenvalue weighted by Gasteiger charge is -2.23. The average Bonchev–Trinajstić information content (AvgIpc) is 2.48. The molecule has 1 N–H and O–H groups in total. The van der Waals surface area contributed by atoms with Crippen molar-refractivity contribution < 1.29 is 9.59 Å². The van der Waals surface area contributed by atoms with Crippen molar-refractivity contribution in [3.63, 3.8) is 0 Å².